The molecule has 0 saturated heterocycles. The zero-order valence-corrected chi connectivity index (χ0v) is 27.0. The van der Waals surface area contributed by atoms with Crippen LogP contribution in [0, 0.1) is 5.92 Å². The molecule has 2 aromatic rings. The number of sulfonamides is 1. The third-order valence-electron chi connectivity index (χ3n) is 6.35. The van der Waals surface area contributed by atoms with Gasteiger partial charge in [0.25, 0.3) is 0 Å². The summed E-state index contributed by atoms with van der Waals surface area (Å²) in [5.41, 5.74) is 1.33. The highest BCUT2D eigenvalue weighted by atomic mass is 32.2. The summed E-state index contributed by atoms with van der Waals surface area (Å²) in [6.07, 6.45) is -0.0870. The first-order chi connectivity index (χ1) is 19.5. The molecule has 0 aliphatic carbocycles. The van der Waals surface area contributed by atoms with Gasteiger partial charge in [-0.2, -0.15) is 0 Å². The van der Waals surface area contributed by atoms with E-state index in [0.717, 1.165) is 5.56 Å². The highest BCUT2D eigenvalue weighted by molar-refractivity contribution is 7.89. The number of carboxylic acid groups (broad SMARTS) is 1. The van der Waals surface area contributed by atoms with Crippen molar-refractivity contribution in [1.29, 1.82) is 0 Å². The van der Waals surface area contributed by atoms with Crippen molar-refractivity contribution in [3.8, 4) is 0 Å². The van der Waals surface area contributed by atoms with Gasteiger partial charge < -0.3 is 19.7 Å². The highest BCUT2D eigenvalue weighted by Gasteiger charge is 2.42. The number of benzene rings is 2. The molecule has 1 amide bonds. The Kier molecular flexibility index (Phi) is 13.2. The summed E-state index contributed by atoms with van der Waals surface area (Å²) < 4.78 is 54.1. The number of alkyl carbamates (subject to hydrolysis) is 1. The lowest BCUT2D eigenvalue weighted by molar-refractivity contribution is -0.138. The number of hydrogen-bond donors (Lipinski definition) is 3. The lowest BCUT2D eigenvalue weighted by Crippen LogP contribution is -2.41. The van der Waals surface area contributed by atoms with Gasteiger partial charge in [-0.1, -0.05) is 68.4 Å². The molecule has 2 aromatic carbocycles. The molecular formula is C30H45N2O8PS. The lowest BCUT2D eigenvalue weighted by Gasteiger charge is -2.32. The number of aryl methyl sites for hydroxylation is 1. The third kappa shape index (κ3) is 11.9. The fourth-order valence-corrected chi connectivity index (χ4v) is 9.60. The summed E-state index contributed by atoms with van der Waals surface area (Å²) in [5, 5.41) is 12.8. The molecule has 0 spiro atoms. The number of carbonyl (C=O) groups is 2. The third-order valence-corrected chi connectivity index (χ3v) is 11.1. The van der Waals surface area contributed by atoms with Crippen LogP contribution in [0.2, 0.25) is 0 Å². The van der Waals surface area contributed by atoms with Crippen molar-refractivity contribution in [3.63, 3.8) is 0 Å². The predicted molar refractivity (Wildman–Crippen MR) is 164 cm³/mol. The van der Waals surface area contributed by atoms with Crippen molar-refractivity contribution in [1.82, 2.24) is 10.0 Å². The van der Waals surface area contributed by atoms with Gasteiger partial charge in [-0.05, 0) is 63.1 Å². The van der Waals surface area contributed by atoms with Crippen LogP contribution in [0.1, 0.15) is 70.6 Å². The van der Waals surface area contributed by atoms with Gasteiger partial charge in [0.15, 0.2) is 0 Å². The van der Waals surface area contributed by atoms with Crippen molar-refractivity contribution in [2.24, 2.45) is 5.92 Å². The Labute approximate surface area is 250 Å². The summed E-state index contributed by atoms with van der Waals surface area (Å²) in [6.45, 7) is 10.4. The molecule has 234 valence electrons. The standard InChI is InChI=1S/C30H45N2O8PS/c1-7-39-41(36,27(22(2)3)32-42(37,38)18-12-16-23-13-9-8-10-14-23)21-26(28(33)34)25-17-11-15-24(19-25)20-31-29(35)40-30(4,5)6/h8-11,13-15,17,19,22,26-27,32H,7,12,16,18,20-21H2,1-6H3,(H,31,35)(H,33,34). The average molecular weight is 625 g/mol. The van der Waals surface area contributed by atoms with Crippen LogP contribution in [0.25, 0.3) is 0 Å². The van der Waals surface area contributed by atoms with Crippen molar-refractivity contribution in [2.45, 2.75) is 78.2 Å². The van der Waals surface area contributed by atoms with E-state index < -0.39 is 58.8 Å². The number of ether oxygens (including phenoxy) is 1. The molecule has 0 bridgehead atoms. The molecule has 3 N–H and O–H groups in total. The molecule has 2 rings (SSSR count). The van der Waals surface area contributed by atoms with E-state index in [1.165, 1.54) is 0 Å². The minimum absolute atomic E-state index is 0.0163. The summed E-state index contributed by atoms with van der Waals surface area (Å²) >= 11 is 0. The first kappa shape index (κ1) is 35.5. The average Bonchev–Trinajstić information content (AvgIpc) is 2.89. The number of carboxylic acids is 1. The summed E-state index contributed by atoms with van der Waals surface area (Å²) in [5.74, 6) is -4.19. The Balaban J connectivity index is 2.24. The van der Waals surface area contributed by atoms with Gasteiger partial charge in [-0.25, -0.2) is 17.9 Å². The minimum atomic E-state index is -3.88. The number of hydrogen-bond acceptors (Lipinski definition) is 7. The van der Waals surface area contributed by atoms with Gasteiger partial charge in [0, 0.05) is 12.7 Å². The number of carbonyl (C=O) groups excluding carboxylic acids is 1. The van der Waals surface area contributed by atoms with Crippen LogP contribution in [0.4, 0.5) is 4.79 Å². The Morgan fingerprint density at radius 2 is 1.67 bits per heavy atom. The largest absolute Gasteiger partial charge is 0.481 e. The second kappa shape index (κ2) is 15.7. The van der Waals surface area contributed by atoms with Crippen LogP contribution in [0.3, 0.4) is 0 Å². The predicted octanol–water partition coefficient (Wildman–Crippen LogP) is 5.73. The van der Waals surface area contributed by atoms with Gasteiger partial charge >= 0.3 is 12.1 Å². The fraction of sp³-hybridized carbons (Fsp3) is 0.533. The molecule has 0 aromatic heterocycles. The summed E-state index contributed by atoms with van der Waals surface area (Å²) in [4.78, 5) is 24.5. The molecule has 0 radical (unpaired) electrons. The van der Waals surface area contributed by atoms with Gasteiger partial charge in [-0.3, -0.25) is 9.36 Å². The van der Waals surface area contributed by atoms with Crippen LogP contribution in [0.15, 0.2) is 54.6 Å². The van der Waals surface area contributed by atoms with E-state index in [9.17, 15) is 27.7 Å². The summed E-state index contributed by atoms with van der Waals surface area (Å²) in [6, 6.07) is 16.1. The van der Waals surface area contributed by atoms with Crippen LogP contribution >= 0.6 is 7.37 Å². The maximum Gasteiger partial charge on any atom is 0.407 e. The fourth-order valence-electron chi connectivity index (χ4n) is 4.48. The van der Waals surface area contributed by atoms with E-state index in [4.69, 9.17) is 9.26 Å². The number of rotatable bonds is 16. The topological polar surface area (TPSA) is 148 Å². The van der Waals surface area contributed by atoms with Gasteiger partial charge in [0.1, 0.15) is 11.4 Å². The SMILES string of the molecule is CCOP(=O)(CC(C(=O)O)c1cccc(CNC(=O)OC(C)(C)C)c1)C(NS(=O)(=O)CCCc1ccccc1)C(C)C. The first-order valence-electron chi connectivity index (χ1n) is 14.1. The van der Waals surface area contributed by atoms with Crippen LogP contribution in [-0.2, 0) is 41.6 Å². The van der Waals surface area contributed by atoms with Crippen molar-refractivity contribution >= 4 is 29.5 Å². The molecule has 0 saturated carbocycles. The second-order valence-electron chi connectivity index (χ2n) is 11.5. The Hall–Kier alpha value is -2.72. The molecule has 3 unspecified atom stereocenters. The van der Waals surface area contributed by atoms with Crippen LogP contribution in [0.5, 0.6) is 0 Å². The normalized spacial score (nSPS) is 15.0. The van der Waals surface area contributed by atoms with Crippen LogP contribution < -0.4 is 10.0 Å². The minimum Gasteiger partial charge on any atom is -0.481 e. The Bertz CT molecular complexity index is 1330. The van der Waals surface area contributed by atoms with Gasteiger partial charge in [0.05, 0.1) is 18.3 Å². The second-order valence-corrected chi connectivity index (χ2v) is 16.0. The zero-order valence-electron chi connectivity index (χ0n) is 25.3. The monoisotopic (exact) mass is 624 g/mol. The van der Waals surface area contributed by atoms with E-state index in [2.05, 4.69) is 10.0 Å². The van der Waals surface area contributed by atoms with E-state index in [-0.39, 0.29) is 18.9 Å². The molecule has 0 aliphatic rings. The molecule has 3 atom stereocenters. The molecule has 0 aliphatic heterocycles. The van der Waals surface area contributed by atoms with E-state index in [1.54, 1.807) is 65.8 Å². The molecule has 12 heteroatoms. The number of amides is 1. The van der Waals surface area contributed by atoms with E-state index >= 15 is 0 Å². The van der Waals surface area contributed by atoms with Gasteiger partial charge in [-0.15, -0.1) is 0 Å². The quantitative estimate of drug-likeness (QED) is 0.201. The van der Waals surface area contributed by atoms with Crippen molar-refractivity contribution in [3.05, 3.63) is 71.3 Å². The van der Waals surface area contributed by atoms with Crippen molar-refractivity contribution in [2.75, 3.05) is 18.5 Å². The van der Waals surface area contributed by atoms with E-state index in [1.807, 2.05) is 30.3 Å². The Morgan fingerprint density at radius 1 is 1.02 bits per heavy atom. The molecular weight excluding hydrogens is 579 g/mol. The molecule has 10 nitrogen and oxygen atoms in total. The molecule has 0 heterocycles. The molecule has 42 heavy (non-hydrogen) atoms. The van der Waals surface area contributed by atoms with E-state index in [0.29, 0.717) is 24.0 Å². The number of nitrogens with one attached hydrogen (secondary N) is 2. The maximum atomic E-state index is 14.4. The lowest BCUT2D eigenvalue weighted by atomic mass is 9.99. The van der Waals surface area contributed by atoms with Crippen LogP contribution in [-0.4, -0.2) is 55.5 Å². The maximum absolute atomic E-state index is 14.4. The number of aliphatic carboxylic acids is 1. The summed E-state index contributed by atoms with van der Waals surface area (Å²) in [7, 11) is -7.73. The Morgan fingerprint density at radius 3 is 2.24 bits per heavy atom. The van der Waals surface area contributed by atoms with Crippen molar-refractivity contribution < 1.29 is 36.9 Å². The first-order valence-corrected chi connectivity index (χ1v) is 17.6. The smallest absolute Gasteiger partial charge is 0.407 e. The molecule has 0 fully saturated rings. The highest BCUT2D eigenvalue weighted by Crippen LogP contribution is 2.56. The van der Waals surface area contributed by atoms with Gasteiger partial charge in [0.2, 0.25) is 17.4 Å². The zero-order chi connectivity index (χ0) is 31.6.